The van der Waals surface area contributed by atoms with Crippen LogP contribution in [0.15, 0.2) is 60.8 Å². The van der Waals surface area contributed by atoms with E-state index in [4.69, 9.17) is 9.47 Å². The third-order valence-corrected chi connectivity index (χ3v) is 6.58. The third-order valence-electron chi connectivity index (χ3n) is 6.58. The number of aliphatic hydroxyl groups excluding tert-OH is 1. The summed E-state index contributed by atoms with van der Waals surface area (Å²) in [5.41, 5.74) is 0. The summed E-state index contributed by atoms with van der Waals surface area (Å²) in [5.74, 6) is -0.667. The summed E-state index contributed by atoms with van der Waals surface area (Å²) in [7, 11) is 0. The molecule has 234 valence electrons. The summed E-state index contributed by atoms with van der Waals surface area (Å²) >= 11 is 0. The SMILES string of the molecule is CC/C=C\C/C=C\C/C=C\C/C=C\C/C=C\CCCC(=O)OC(CO)COC(=O)CCCCCCCCCCCC. The number of aliphatic hydroxyl groups is 1. The van der Waals surface area contributed by atoms with Crippen molar-refractivity contribution in [3.8, 4) is 0 Å². The zero-order valence-corrected chi connectivity index (χ0v) is 26.3. The van der Waals surface area contributed by atoms with Crippen molar-refractivity contribution >= 4 is 11.9 Å². The Morgan fingerprint density at radius 2 is 1.05 bits per heavy atom. The Kier molecular flexibility index (Phi) is 30.2. The first kappa shape index (κ1) is 38.6. The standard InChI is InChI=1S/C36H60O5/c1-3-5-7-9-11-13-15-16-17-18-19-20-21-23-25-27-29-31-36(39)41-34(32-37)33-40-35(38)30-28-26-24-22-14-12-10-8-6-4-2/h5,7,11,13,16-17,19-20,23,25,34,37H,3-4,6,8-10,12,14-15,18,21-22,24,26-33H2,1-2H3/b7-5-,13-11-,17-16-,20-19-,25-23-. The Morgan fingerprint density at radius 3 is 1.56 bits per heavy atom. The summed E-state index contributed by atoms with van der Waals surface area (Å²) < 4.78 is 10.5. The highest BCUT2D eigenvalue weighted by atomic mass is 16.6. The van der Waals surface area contributed by atoms with Gasteiger partial charge in [-0.1, -0.05) is 132 Å². The fourth-order valence-corrected chi connectivity index (χ4v) is 4.12. The van der Waals surface area contributed by atoms with Crippen molar-refractivity contribution in [3.05, 3.63) is 60.8 Å². The number of unbranched alkanes of at least 4 members (excludes halogenated alkanes) is 10. The molecule has 0 aliphatic rings. The van der Waals surface area contributed by atoms with E-state index in [1.165, 1.54) is 44.9 Å². The van der Waals surface area contributed by atoms with Gasteiger partial charge in [0.05, 0.1) is 6.61 Å². The van der Waals surface area contributed by atoms with Crippen LogP contribution in [-0.4, -0.2) is 36.4 Å². The molecule has 0 radical (unpaired) electrons. The van der Waals surface area contributed by atoms with Crippen molar-refractivity contribution in [1.82, 2.24) is 0 Å². The topological polar surface area (TPSA) is 72.8 Å². The van der Waals surface area contributed by atoms with Crippen LogP contribution in [0.2, 0.25) is 0 Å². The molecule has 0 fully saturated rings. The maximum atomic E-state index is 12.1. The number of carbonyl (C=O) groups is 2. The zero-order valence-electron chi connectivity index (χ0n) is 26.3. The van der Waals surface area contributed by atoms with Crippen molar-refractivity contribution in [1.29, 1.82) is 0 Å². The molecule has 0 aliphatic heterocycles. The molecular weight excluding hydrogens is 512 g/mol. The van der Waals surface area contributed by atoms with Crippen molar-refractivity contribution < 1.29 is 24.2 Å². The van der Waals surface area contributed by atoms with Gasteiger partial charge in [-0.15, -0.1) is 0 Å². The van der Waals surface area contributed by atoms with Gasteiger partial charge in [-0.2, -0.15) is 0 Å². The average molecular weight is 573 g/mol. The smallest absolute Gasteiger partial charge is 0.306 e. The molecule has 0 bridgehead atoms. The van der Waals surface area contributed by atoms with Crippen LogP contribution < -0.4 is 0 Å². The van der Waals surface area contributed by atoms with Crippen molar-refractivity contribution in [2.24, 2.45) is 0 Å². The lowest BCUT2D eigenvalue weighted by Crippen LogP contribution is -2.28. The van der Waals surface area contributed by atoms with Gasteiger partial charge in [-0.3, -0.25) is 9.59 Å². The van der Waals surface area contributed by atoms with Crippen LogP contribution >= 0.6 is 0 Å². The Hall–Kier alpha value is -2.40. The number of rotatable bonds is 28. The minimum absolute atomic E-state index is 0.0897. The largest absolute Gasteiger partial charge is 0.462 e. The van der Waals surface area contributed by atoms with E-state index in [9.17, 15) is 14.7 Å². The predicted octanol–water partition coefficient (Wildman–Crippen LogP) is 9.67. The summed E-state index contributed by atoms with van der Waals surface area (Å²) in [6, 6.07) is 0. The molecule has 1 unspecified atom stereocenters. The van der Waals surface area contributed by atoms with E-state index in [-0.39, 0.29) is 31.6 Å². The summed E-state index contributed by atoms with van der Waals surface area (Å²) in [4.78, 5) is 24.0. The molecule has 1 atom stereocenters. The summed E-state index contributed by atoms with van der Waals surface area (Å²) in [6.07, 6.45) is 39.9. The van der Waals surface area contributed by atoms with Gasteiger partial charge in [0.2, 0.25) is 0 Å². The highest BCUT2D eigenvalue weighted by Gasteiger charge is 2.15. The van der Waals surface area contributed by atoms with Gasteiger partial charge in [0, 0.05) is 12.8 Å². The van der Waals surface area contributed by atoms with Gasteiger partial charge >= 0.3 is 11.9 Å². The van der Waals surface area contributed by atoms with Crippen molar-refractivity contribution in [2.45, 2.75) is 142 Å². The summed E-state index contributed by atoms with van der Waals surface area (Å²) in [6.45, 7) is 3.93. The van der Waals surface area contributed by atoms with Crippen LogP contribution in [-0.2, 0) is 19.1 Å². The Bertz CT molecular complexity index is 747. The molecule has 5 nitrogen and oxygen atoms in total. The second-order valence-electron chi connectivity index (χ2n) is 10.5. The minimum Gasteiger partial charge on any atom is -0.462 e. The highest BCUT2D eigenvalue weighted by Crippen LogP contribution is 2.12. The van der Waals surface area contributed by atoms with E-state index in [1.54, 1.807) is 0 Å². The molecular formula is C36H60O5. The maximum Gasteiger partial charge on any atom is 0.306 e. The summed E-state index contributed by atoms with van der Waals surface area (Å²) in [5, 5.41) is 9.48. The number of hydrogen-bond acceptors (Lipinski definition) is 5. The molecule has 0 heterocycles. The zero-order chi connectivity index (χ0) is 30.1. The first-order valence-corrected chi connectivity index (χ1v) is 16.3. The Balaban J connectivity index is 3.74. The molecule has 0 aromatic carbocycles. The van der Waals surface area contributed by atoms with E-state index in [0.29, 0.717) is 12.8 Å². The molecule has 0 amide bonds. The first-order chi connectivity index (χ1) is 20.1. The molecule has 0 rings (SSSR count). The second kappa shape index (κ2) is 32.1. The normalized spacial score (nSPS) is 13.0. The number of esters is 2. The Labute approximate surface area is 251 Å². The maximum absolute atomic E-state index is 12.1. The quantitative estimate of drug-likeness (QED) is 0.0574. The van der Waals surface area contributed by atoms with Gasteiger partial charge in [0.15, 0.2) is 6.10 Å². The molecule has 0 saturated heterocycles. The number of hydrogen-bond donors (Lipinski definition) is 1. The molecule has 0 aromatic heterocycles. The average Bonchev–Trinajstić information content (AvgIpc) is 2.97. The molecule has 41 heavy (non-hydrogen) atoms. The fraction of sp³-hybridized carbons (Fsp3) is 0.667. The van der Waals surface area contributed by atoms with Crippen molar-refractivity contribution in [3.63, 3.8) is 0 Å². The molecule has 1 N–H and O–H groups in total. The van der Waals surface area contributed by atoms with Gasteiger partial charge in [0.25, 0.3) is 0 Å². The van der Waals surface area contributed by atoms with Gasteiger partial charge in [-0.05, 0) is 51.4 Å². The minimum atomic E-state index is -0.798. The van der Waals surface area contributed by atoms with E-state index >= 15 is 0 Å². The first-order valence-electron chi connectivity index (χ1n) is 16.3. The van der Waals surface area contributed by atoms with E-state index in [2.05, 4.69) is 74.6 Å². The van der Waals surface area contributed by atoms with Gasteiger partial charge < -0.3 is 14.6 Å². The molecule has 0 spiro atoms. The predicted molar refractivity (Wildman–Crippen MR) is 173 cm³/mol. The van der Waals surface area contributed by atoms with Gasteiger partial charge in [0.1, 0.15) is 6.61 Å². The second-order valence-corrected chi connectivity index (χ2v) is 10.5. The van der Waals surface area contributed by atoms with E-state index in [1.807, 2.05) is 0 Å². The highest BCUT2D eigenvalue weighted by molar-refractivity contribution is 5.70. The monoisotopic (exact) mass is 572 g/mol. The van der Waals surface area contributed by atoms with Crippen LogP contribution in [0.4, 0.5) is 0 Å². The molecule has 5 heteroatoms. The lowest BCUT2D eigenvalue weighted by Gasteiger charge is -2.15. The van der Waals surface area contributed by atoms with Crippen LogP contribution in [0, 0.1) is 0 Å². The van der Waals surface area contributed by atoms with E-state index < -0.39 is 6.10 Å². The van der Waals surface area contributed by atoms with Gasteiger partial charge in [-0.25, -0.2) is 0 Å². The molecule has 0 aromatic rings. The fourth-order valence-electron chi connectivity index (χ4n) is 4.12. The van der Waals surface area contributed by atoms with Crippen LogP contribution in [0.3, 0.4) is 0 Å². The Morgan fingerprint density at radius 1 is 0.585 bits per heavy atom. The van der Waals surface area contributed by atoms with Crippen LogP contribution in [0.1, 0.15) is 136 Å². The lowest BCUT2D eigenvalue weighted by atomic mass is 10.1. The van der Waals surface area contributed by atoms with Crippen LogP contribution in [0.5, 0.6) is 0 Å². The van der Waals surface area contributed by atoms with Crippen LogP contribution in [0.25, 0.3) is 0 Å². The molecule has 0 aliphatic carbocycles. The van der Waals surface area contributed by atoms with Crippen molar-refractivity contribution in [2.75, 3.05) is 13.2 Å². The number of allylic oxidation sites excluding steroid dienone is 10. The molecule has 0 saturated carbocycles. The number of carbonyl (C=O) groups excluding carboxylic acids is 2. The lowest BCUT2D eigenvalue weighted by molar-refractivity contribution is -0.161. The third kappa shape index (κ3) is 30.4. The van der Waals surface area contributed by atoms with E-state index in [0.717, 1.165) is 57.8 Å². The number of ether oxygens (including phenoxy) is 2.